The van der Waals surface area contributed by atoms with Gasteiger partial charge in [0, 0.05) is 17.6 Å². The lowest BCUT2D eigenvalue weighted by Crippen LogP contribution is -2.02. The highest BCUT2D eigenvalue weighted by molar-refractivity contribution is 5.85. The minimum Gasteiger partial charge on any atom is -0.340 e. The summed E-state index contributed by atoms with van der Waals surface area (Å²) in [4.78, 5) is 12.0. The molecule has 2 aromatic carbocycles. The molecule has 152 valence electrons. The van der Waals surface area contributed by atoms with Crippen molar-refractivity contribution in [1.82, 2.24) is 9.97 Å². The van der Waals surface area contributed by atoms with E-state index in [-0.39, 0.29) is 19.8 Å². The number of aryl methyl sites for hydroxylation is 2. The molecular formula is C23H23ClN6. The zero-order valence-electron chi connectivity index (χ0n) is 16.0. The summed E-state index contributed by atoms with van der Waals surface area (Å²) in [7, 11) is 0. The molecule has 30 heavy (non-hydrogen) atoms. The van der Waals surface area contributed by atoms with Gasteiger partial charge in [0.15, 0.2) is 6.20 Å². The van der Waals surface area contributed by atoms with Crippen molar-refractivity contribution in [1.29, 1.82) is 5.26 Å². The number of nitriles is 1. The Hall–Kier alpha value is -3.87. The zero-order valence-corrected chi connectivity index (χ0v) is 16.8. The molecule has 0 atom stereocenters. The van der Waals surface area contributed by atoms with Crippen molar-refractivity contribution in [3.8, 4) is 6.07 Å². The molecule has 3 aromatic rings. The van der Waals surface area contributed by atoms with Gasteiger partial charge in [-0.2, -0.15) is 10.2 Å². The fourth-order valence-electron chi connectivity index (χ4n) is 2.79. The predicted octanol–water partition coefficient (Wildman–Crippen LogP) is 6.40. The third-order valence-electron chi connectivity index (χ3n) is 4.08. The lowest BCUT2D eigenvalue weighted by atomic mass is 10.0. The summed E-state index contributed by atoms with van der Waals surface area (Å²) in [6.45, 7) is 10.9. The predicted molar refractivity (Wildman–Crippen MR) is 125 cm³/mol. The number of aromatic nitrogens is 2. The molecular weight excluding hydrogens is 396 g/mol. The first-order valence-corrected chi connectivity index (χ1v) is 8.60. The molecule has 0 aliphatic heterocycles. The molecule has 0 fully saturated rings. The van der Waals surface area contributed by atoms with Crippen molar-refractivity contribution in [3.05, 3.63) is 88.5 Å². The summed E-state index contributed by atoms with van der Waals surface area (Å²) in [5.41, 5.74) is 5.49. The van der Waals surface area contributed by atoms with Gasteiger partial charge in [0.05, 0.1) is 18.2 Å². The van der Waals surface area contributed by atoms with Crippen LogP contribution in [-0.2, 0) is 0 Å². The van der Waals surface area contributed by atoms with Gasteiger partial charge < -0.3 is 10.6 Å². The van der Waals surface area contributed by atoms with Crippen molar-refractivity contribution < 1.29 is 0 Å². The first-order valence-electron chi connectivity index (χ1n) is 8.60. The number of nitrogens with zero attached hydrogens (tertiary/aromatic N) is 4. The molecule has 1 heterocycles. The Kier molecular flexibility index (Phi) is 9.03. The Morgan fingerprint density at radius 2 is 1.73 bits per heavy atom. The van der Waals surface area contributed by atoms with E-state index in [0.29, 0.717) is 17.3 Å². The van der Waals surface area contributed by atoms with Gasteiger partial charge in [0.2, 0.25) is 5.95 Å². The normalized spacial score (nSPS) is 9.60. The molecule has 0 amide bonds. The summed E-state index contributed by atoms with van der Waals surface area (Å²) in [6, 6.07) is 15.0. The minimum absolute atomic E-state index is 0. The number of rotatable bonds is 5. The monoisotopic (exact) mass is 418 g/mol. The highest BCUT2D eigenvalue weighted by atomic mass is 35.5. The fraction of sp³-hybridized carbons (Fsp3) is 0.130. The second-order valence-corrected chi connectivity index (χ2v) is 6.18. The maximum Gasteiger partial charge on any atom is 0.229 e. The van der Waals surface area contributed by atoms with Crippen molar-refractivity contribution in [3.63, 3.8) is 0 Å². The number of hydrogen-bond acceptors (Lipinski definition) is 5. The molecule has 0 aliphatic carbocycles. The van der Waals surface area contributed by atoms with E-state index in [1.165, 1.54) is 6.20 Å². The van der Waals surface area contributed by atoms with Gasteiger partial charge in [0.1, 0.15) is 5.82 Å². The summed E-state index contributed by atoms with van der Waals surface area (Å²) >= 11 is 0. The molecule has 3 rings (SSSR count). The highest BCUT2D eigenvalue weighted by Crippen LogP contribution is 2.26. The van der Waals surface area contributed by atoms with Crippen LogP contribution in [0.3, 0.4) is 0 Å². The number of benzene rings is 2. The Morgan fingerprint density at radius 3 is 2.33 bits per heavy atom. The van der Waals surface area contributed by atoms with Crippen LogP contribution in [0.25, 0.3) is 10.9 Å². The molecule has 1 aromatic heterocycles. The molecule has 2 N–H and O–H groups in total. The van der Waals surface area contributed by atoms with Crippen LogP contribution in [-0.4, -0.2) is 9.97 Å². The van der Waals surface area contributed by atoms with Crippen LogP contribution in [0.2, 0.25) is 0 Å². The maximum atomic E-state index is 8.88. The van der Waals surface area contributed by atoms with Crippen LogP contribution in [0.1, 0.15) is 29.7 Å². The number of hydrogen-bond donors (Lipinski definition) is 2. The van der Waals surface area contributed by atoms with E-state index in [4.69, 9.17) is 11.8 Å². The molecule has 0 saturated heterocycles. The minimum atomic E-state index is 0. The van der Waals surface area contributed by atoms with E-state index >= 15 is 0 Å². The SMILES string of the molecule is C.Cl.[C-]#[N+]/C=C/c1cc(C)c(Nc2ccnc(Nc3ccc(C#N)cc3)n2)c(C)c1. The van der Waals surface area contributed by atoms with Crippen molar-refractivity contribution in [2.75, 3.05) is 10.6 Å². The number of nitrogens with one attached hydrogen (secondary N) is 2. The number of halogens is 1. The van der Waals surface area contributed by atoms with E-state index in [1.54, 1.807) is 30.5 Å². The van der Waals surface area contributed by atoms with Gasteiger partial charge in [-0.1, -0.05) is 25.6 Å². The number of anilines is 4. The molecule has 0 aliphatic rings. The van der Waals surface area contributed by atoms with Crippen molar-refractivity contribution in [2.24, 2.45) is 0 Å². The third-order valence-corrected chi connectivity index (χ3v) is 4.08. The van der Waals surface area contributed by atoms with Crippen LogP contribution >= 0.6 is 12.4 Å². The van der Waals surface area contributed by atoms with E-state index in [9.17, 15) is 0 Å². The fourth-order valence-corrected chi connectivity index (χ4v) is 2.79. The van der Waals surface area contributed by atoms with Crippen LogP contribution in [0.15, 0.2) is 54.9 Å². The maximum absolute atomic E-state index is 8.88. The topological polar surface area (TPSA) is 78.0 Å². The third kappa shape index (κ3) is 6.07. The van der Waals surface area contributed by atoms with Gasteiger partial charge >= 0.3 is 0 Å². The second kappa shape index (κ2) is 11.2. The van der Waals surface area contributed by atoms with Crippen LogP contribution < -0.4 is 10.6 Å². The first kappa shape index (κ1) is 24.2. The van der Waals surface area contributed by atoms with Gasteiger partial charge in [-0.15, -0.1) is 12.4 Å². The van der Waals surface area contributed by atoms with Crippen molar-refractivity contribution in [2.45, 2.75) is 21.3 Å². The quantitative estimate of drug-likeness (QED) is 0.468. The average Bonchev–Trinajstić information content (AvgIpc) is 2.70. The standard InChI is InChI=1S/C22H18N6.CH4.ClH/c1-15-12-18(8-10-24-3)13-16(2)21(15)27-20-9-11-25-22(28-20)26-19-6-4-17(14-23)5-7-19;;/h4-13H,1-2H3,(H2,25,26,27,28);1H4;1H/b10-8+;;. The largest absolute Gasteiger partial charge is 0.340 e. The van der Waals surface area contributed by atoms with Crippen molar-refractivity contribution >= 4 is 41.6 Å². The molecule has 0 radical (unpaired) electrons. The van der Waals surface area contributed by atoms with E-state index in [1.807, 2.05) is 38.1 Å². The average molecular weight is 419 g/mol. The summed E-state index contributed by atoms with van der Waals surface area (Å²) in [6.07, 6.45) is 4.92. The van der Waals surface area contributed by atoms with E-state index in [0.717, 1.165) is 28.1 Å². The second-order valence-electron chi connectivity index (χ2n) is 6.18. The van der Waals surface area contributed by atoms with Crippen LogP contribution in [0.4, 0.5) is 23.1 Å². The smallest absolute Gasteiger partial charge is 0.229 e. The van der Waals surface area contributed by atoms with E-state index < -0.39 is 0 Å². The lowest BCUT2D eigenvalue weighted by molar-refractivity contribution is 1.16. The Balaban J connectivity index is 0.00000225. The Bertz CT molecular complexity index is 1080. The Morgan fingerprint density at radius 1 is 1.07 bits per heavy atom. The van der Waals surface area contributed by atoms with Gasteiger partial charge in [-0.25, -0.2) is 9.83 Å². The molecule has 0 unspecified atom stereocenters. The van der Waals surface area contributed by atoms with Crippen LogP contribution in [0, 0.1) is 31.8 Å². The van der Waals surface area contributed by atoms with Gasteiger partial charge in [-0.05, 0) is 60.9 Å². The van der Waals surface area contributed by atoms with Gasteiger partial charge in [0.25, 0.3) is 0 Å². The molecule has 6 nitrogen and oxygen atoms in total. The highest BCUT2D eigenvalue weighted by Gasteiger charge is 2.07. The lowest BCUT2D eigenvalue weighted by Gasteiger charge is -2.14. The zero-order chi connectivity index (χ0) is 19.9. The molecule has 0 bridgehead atoms. The van der Waals surface area contributed by atoms with E-state index in [2.05, 4.69) is 31.5 Å². The Labute approximate surface area is 183 Å². The van der Waals surface area contributed by atoms with Crippen LogP contribution in [0.5, 0.6) is 0 Å². The summed E-state index contributed by atoms with van der Waals surface area (Å²) < 4.78 is 0. The molecule has 0 saturated carbocycles. The molecule has 0 spiro atoms. The first-order chi connectivity index (χ1) is 13.6. The van der Waals surface area contributed by atoms with Gasteiger partial charge in [-0.3, -0.25) is 0 Å². The summed E-state index contributed by atoms with van der Waals surface area (Å²) in [5.74, 6) is 1.13. The summed E-state index contributed by atoms with van der Waals surface area (Å²) in [5, 5.41) is 15.4. The molecule has 7 heteroatoms.